The molecule has 1 aliphatic heterocycles. The molecule has 1 saturated heterocycles. The van der Waals surface area contributed by atoms with E-state index in [1.54, 1.807) is 0 Å². The second-order valence-corrected chi connectivity index (χ2v) is 8.81. The highest BCUT2D eigenvalue weighted by atomic mass is 16.2. The van der Waals surface area contributed by atoms with E-state index in [0.717, 1.165) is 75.0 Å². The maximum Gasteiger partial charge on any atom is 0.272 e. The molecule has 30 heavy (non-hydrogen) atoms. The van der Waals surface area contributed by atoms with Crippen molar-refractivity contribution in [1.82, 2.24) is 20.0 Å². The zero-order chi connectivity index (χ0) is 21.1. The summed E-state index contributed by atoms with van der Waals surface area (Å²) in [6.07, 6.45) is 7.19. The molecule has 0 unspecified atom stereocenters. The molecule has 2 aliphatic rings. The summed E-state index contributed by atoms with van der Waals surface area (Å²) in [6.45, 7) is 5.55. The first-order valence-corrected chi connectivity index (χ1v) is 11.3. The predicted molar refractivity (Wildman–Crippen MR) is 117 cm³/mol. The Balaban J connectivity index is 1.64. The number of para-hydroxylation sites is 1. The van der Waals surface area contributed by atoms with Crippen molar-refractivity contribution in [2.24, 2.45) is 5.92 Å². The molecule has 1 aromatic heterocycles. The number of hydrogen-bond donors (Lipinski definition) is 1. The van der Waals surface area contributed by atoms with Gasteiger partial charge in [-0.15, -0.1) is 0 Å². The number of likely N-dealkylation sites (tertiary alicyclic amines) is 1. The molecule has 1 aliphatic carbocycles. The summed E-state index contributed by atoms with van der Waals surface area (Å²) >= 11 is 0. The van der Waals surface area contributed by atoms with Crippen LogP contribution in [0, 0.1) is 5.92 Å². The molecule has 2 heterocycles. The summed E-state index contributed by atoms with van der Waals surface area (Å²) in [6, 6.07) is 9.49. The van der Waals surface area contributed by atoms with Crippen LogP contribution in [-0.2, 0) is 17.6 Å². The van der Waals surface area contributed by atoms with Crippen molar-refractivity contribution >= 4 is 11.8 Å². The van der Waals surface area contributed by atoms with Gasteiger partial charge in [0.2, 0.25) is 5.91 Å². The van der Waals surface area contributed by atoms with Crippen molar-refractivity contribution in [3.63, 3.8) is 0 Å². The van der Waals surface area contributed by atoms with Crippen LogP contribution in [0.15, 0.2) is 30.3 Å². The van der Waals surface area contributed by atoms with Crippen LogP contribution >= 0.6 is 0 Å². The number of fused-ring (bicyclic) bond motifs is 1. The van der Waals surface area contributed by atoms with Gasteiger partial charge >= 0.3 is 0 Å². The lowest BCUT2D eigenvalue weighted by Gasteiger charge is -2.26. The van der Waals surface area contributed by atoms with Crippen molar-refractivity contribution in [2.45, 2.75) is 64.8 Å². The van der Waals surface area contributed by atoms with E-state index >= 15 is 0 Å². The van der Waals surface area contributed by atoms with Gasteiger partial charge in [-0.1, -0.05) is 38.5 Å². The molecule has 4 rings (SSSR count). The van der Waals surface area contributed by atoms with E-state index < -0.39 is 6.04 Å². The fourth-order valence-corrected chi connectivity index (χ4v) is 4.60. The van der Waals surface area contributed by atoms with Crippen LogP contribution < -0.4 is 5.32 Å². The summed E-state index contributed by atoms with van der Waals surface area (Å²) < 4.78 is 1.93. The number of amides is 2. The first kappa shape index (κ1) is 20.6. The van der Waals surface area contributed by atoms with E-state index in [2.05, 4.69) is 5.32 Å². The number of carbonyl (C=O) groups excluding carboxylic acids is 2. The summed E-state index contributed by atoms with van der Waals surface area (Å²) in [5, 5.41) is 7.79. The van der Waals surface area contributed by atoms with Crippen molar-refractivity contribution in [3.8, 4) is 5.69 Å². The fourth-order valence-electron chi connectivity index (χ4n) is 4.60. The Labute approximate surface area is 178 Å². The maximum atomic E-state index is 13.4. The quantitative estimate of drug-likeness (QED) is 0.770. The number of nitrogens with zero attached hydrogens (tertiary/aromatic N) is 3. The van der Waals surface area contributed by atoms with E-state index in [1.807, 2.05) is 53.8 Å². The molecule has 0 saturated carbocycles. The molecule has 6 nitrogen and oxygen atoms in total. The lowest BCUT2D eigenvalue weighted by molar-refractivity contribution is -0.133. The largest absolute Gasteiger partial charge is 0.341 e. The number of aromatic nitrogens is 2. The van der Waals surface area contributed by atoms with Crippen LogP contribution in [0.3, 0.4) is 0 Å². The number of benzene rings is 1. The van der Waals surface area contributed by atoms with E-state index in [9.17, 15) is 9.59 Å². The third kappa shape index (κ3) is 4.13. The molecule has 1 fully saturated rings. The first-order valence-electron chi connectivity index (χ1n) is 11.3. The molecule has 1 N–H and O–H groups in total. The minimum atomic E-state index is -0.515. The molecular weight excluding hydrogens is 376 g/mol. The molecule has 0 bridgehead atoms. The second kappa shape index (κ2) is 9.02. The Bertz CT molecular complexity index is 897. The molecule has 160 valence electrons. The average Bonchev–Trinajstić information content (AvgIpc) is 3.35. The normalized spacial score (nSPS) is 17.5. The van der Waals surface area contributed by atoms with E-state index in [-0.39, 0.29) is 17.7 Å². The van der Waals surface area contributed by atoms with Crippen molar-refractivity contribution in [3.05, 3.63) is 47.3 Å². The van der Waals surface area contributed by atoms with Crippen LogP contribution in [0.1, 0.15) is 67.7 Å². The van der Waals surface area contributed by atoms with Gasteiger partial charge < -0.3 is 10.2 Å². The monoisotopic (exact) mass is 408 g/mol. The van der Waals surface area contributed by atoms with E-state index in [4.69, 9.17) is 5.10 Å². The minimum Gasteiger partial charge on any atom is -0.341 e. The lowest BCUT2D eigenvalue weighted by atomic mass is 10.0. The minimum absolute atomic E-state index is 0.0249. The Morgan fingerprint density at radius 3 is 2.37 bits per heavy atom. The molecule has 1 aromatic carbocycles. The Hall–Kier alpha value is -2.63. The van der Waals surface area contributed by atoms with Gasteiger partial charge in [0.05, 0.1) is 5.69 Å². The van der Waals surface area contributed by atoms with E-state index in [0.29, 0.717) is 5.69 Å². The Morgan fingerprint density at radius 2 is 1.67 bits per heavy atom. The van der Waals surface area contributed by atoms with Gasteiger partial charge in [-0.25, -0.2) is 4.68 Å². The second-order valence-electron chi connectivity index (χ2n) is 8.81. The highest BCUT2D eigenvalue weighted by Crippen LogP contribution is 2.26. The van der Waals surface area contributed by atoms with Gasteiger partial charge in [0, 0.05) is 24.3 Å². The summed E-state index contributed by atoms with van der Waals surface area (Å²) in [5.41, 5.74) is 3.64. The average molecular weight is 409 g/mol. The highest BCUT2D eigenvalue weighted by Gasteiger charge is 2.32. The van der Waals surface area contributed by atoms with Crippen LogP contribution in [0.5, 0.6) is 0 Å². The Kier molecular flexibility index (Phi) is 6.21. The van der Waals surface area contributed by atoms with Gasteiger partial charge in [-0.05, 0) is 56.6 Å². The highest BCUT2D eigenvalue weighted by molar-refractivity contribution is 5.97. The standard InChI is InChI=1S/C24H32N4O2/c1-17(2)21(24(30)27-15-9-10-16-27)25-23(29)22-19-13-7-4-8-14-20(19)28(26-22)18-11-5-3-6-12-18/h3,5-6,11-12,17,21H,4,7-10,13-16H2,1-2H3,(H,25,29)/t21-/m0/s1. The van der Waals surface area contributed by atoms with Gasteiger partial charge in [-0.3, -0.25) is 9.59 Å². The van der Waals surface area contributed by atoms with Crippen molar-refractivity contribution < 1.29 is 9.59 Å². The summed E-state index contributed by atoms with van der Waals surface area (Å²) in [5.74, 6) is -0.171. The first-order chi connectivity index (χ1) is 14.6. The fraction of sp³-hybridized carbons (Fsp3) is 0.542. The SMILES string of the molecule is CC(C)[C@H](NC(=O)c1nn(-c2ccccc2)c2c1CCCCC2)C(=O)N1CCCC1. The topological polar surface area (TPSA) is 67.2 Å². The van der Waals surface area contributed by atoms with Crippen LogP contribution in [0.25, 0.3) is 5.69 Å². The van der Waals surface area contributed by atoms with Gasteiger partial charge in [-0.2, -0.15) is 5.10 Å². The van der Waals surface area contributed by atoms with Crippen molar-refractivity contribution in [2.75, 3.05) is 13.1 Å². The van der Waals surface area contributed by atoms with Crippen LogP contribution in [-0.4, -0.2) is 45.6 Å². The molecule has 0 radical (unpaired) electrons. The number of nitrogens with one attached hydrogen (secondary N) is 1. The van der Waals surface area contributed by atoms with Gasteiger partial charge in [0.1, 0.15) is 6.04 Å². The van der Waals surface area contributed by atoms with Crippen LogP contribution in [0.4, 0.5) is 0 Å². The summed E-state index contributed by atoms with van der Waals surface area (Å²) in [7, 11) is 0. The van der Waals surface area contributed by atoms with Crippen LogP contribution in [0.2, 0.25) is 0 Å². The Morgan fingerprint density at radius 1 is 0.967 bits per heavy atom. The predicted octanol–water partition coefficient (Wildman–Crippen LogP) is 3.52. The lowest BCUT2D eigenvalue weighted by Crippen LogP contribution is -2.50. The molecule has 2 aromatic rings. The molecular formula is C24H32N4O2. The number of hydrogen-bond acceptors (Lipinski definition) is 3. The van der Waals surface area contributed by atoms with Gasteiger partial charge in [0.15, 0.2) is 5.69 Å². The molecule has 6 heteroatoms. The number of rotatable bonds is 5. The zero-order valence-corrected chi connectivity index (χ0v) is 18.1. The third-order valence-corrected chi connectivity index (χ3v) is 6.28. The summed E-state index contributed by atoms with van der Waals surface area (Å²) in [4.78, 5) is 28.2. The maximum absolute atomic E-state index is 13.4. The zero-order valence-electron chi connectivity index (χ0n) is 18.1. The smallest absolute Gasteiger partial charge is 0.272 e. The van der Waals surface area contributed by atoms with E-state index in [1.165, 1.54) is 0 Å². The molecule has 2 amide bonds. The number of carbonyl (C=O) groups is 2. The van der Waals surface area contributed by atoms with Gasteiger partial charge in [0.25, 0.3) is 5.91 Å². The molecule has 0 spiro atoms. The molecule has 1 atom stereocenters. The third-order valence-electron chi connectivity index (χ3n) is 6.28. The van der Waals surface area contributed by atoms with Crippen molar-refractivity contribution in [1.29, 1.82) is 0 Å².